The van der Waals surface area contributed by atoms with Gasteiger partial charge in [-0.15, -0.1) is 11.6 Å². The summed E-state index contributed by atoms with van der Waals surface area (Å²) in [6.07, 6.45) is 0. The minimum absolute atomic E-state index is 0.175. The normalized spacial score (nSPS) is 17.1. The van der Waals surface area contributed by atoms with Crippen molar-refractivity contribution in [3.8, 4) is 5.75 Å². The summed E-state index contributed by atoms with van der Waals surface area (Å²) >= 11 is 5.58. The Labute approximate surface area is 139 Å². The van der Waals surface area contributed by atoms with E-state index in [0.29, 0.717) is 17.0 Å². The number of ketones is 1. The molecule has 0 fully saturated rings. The smallest absolute Gasteiger partial charge is 0.328 e. The number of Topliss-reactive ketones (excluding diaryl/α,β-unsaturated/α-hetero) is 1. The molecule has 1 aliphatic rings. The Morgan fingerprint density at radius 2 is 2.04 bits per heavy atom. The number of carbonyl (C=O) groups is 3. The number of halogens is 1. The molecule has 7 heteroatoms. The zero-order valence-electron chi connectivity index (χ0n) is 13.4. The molecule has 1 amide bonds. The van der Waals surface area contributed by atoms with E-state index in [-0.39, 0.29) is 11.7 Å². The average Bonchev–Trinajstić information content (AvgIpc) is 2.53. The van der Waals surface area contributed by atoms with Crippen LogP contribution in [0.3, 0.4) is 0 Å². The van der Waals surface area contributed by atoms with Crippen LogP contribution in [0.5, 0.6) is 5.75 Å². The zero-order chi connectivity index (χ0) is 17.4. The number of amides is 1. The molecule has 2 rings (SSSR count). The van der Waals surface area contributed by atoms with Gasteiger partial charge in [0.05, 0.1) is 18.7 Å². The predicted molar refractivity (Wildman–Crippen MR) is 85.2 cm³/mol. The summed E-state index contributed by atoms with van der Waals surface area (Å²) in [4.78, 5) is 37.7. The van der Waals surface area contributed by atoms with E-state index < -0.39 is 23.5 Å². The predicted octanol–water partition coefficient (Wildman–Crippen LogP) is 2.17. The maximum atomic E-state index is 12.7. The van der Waals surface area contributed by atoms with Gasteiger partial charge in [-0.05, 0) is 39.0 Å². The number of fused-ring (bicyclic) bond motifs is 1. The van der Waals surface area contributed by atoms with Crippen molar-refractivity contribution in [3.63, 3.8) is 0 Å². The van der Waals surface area contributed by atoms with Crippen molar-refractivity contribution >= 4 is 34.9 Å². The molecule has 0 saturated heterocycles. The lowest BCUT2D eigenvalue weighted by atomic mass is 10.00. The van der Waals surface area contributed by atoms with E-state index in [4.69, 9.17) is 21.1 Å². The number of esters is 1. The van der Waals surface area contributed by atoms with E-state index in [2.05, 4.69) is 0 Å². The van der Waals surface area contributed by atoms with Gasteiger partial charge in [0, 0.05) is 5.56 Å². The largest absolute Gasteiger partial charge is 0.476 e. The summed E-state index contributed by atoms with van der Waals surface area (Å²) < 4.78 is 10.4. The highest BCUT2D eigenvalue weighted by molar-refractivity contribution is 6.30. The van der Waals surface area contributed by atoms with Crippen LogP contribution in [0.1, 0.15) is 31.1 Å². The average molecular weight is 340 g/mol. The molecule has 124 valence electrons. The third-order valence-corrected chi connectivity index (χ3v) is 3.93. The van der Waals surface area contributed by atoms with Crippen molar-refractivity contribution in [2.45, 2.75) is 32.4 Å². The Morgan fingerprint density at radius 3 is 2.61 bits per heavy atom. The lowest BCUT2D eigenvalue weighted by Gasteiger charge is -2.40. The van der Waals surface area contributed by atoms with E-state index >= 15 is 0 Å². The van der Waals surface area contributed by atoms with Gasteiger partial charge in [0.1, 0.15) is 11.8 Å². The molecule has 0 aromatic heterocycles. The van der Waals surface area contributed by atoms with Crippen molar-refractivity contribution in [3.05, 3.63) is 23.8 Å². The van der Waals surface area contributed by atoms with Gasteiger partial charge in [-0.25, -0.2) is 4.79 Å². The molecular weight excluding hydrogens is 322 g/mol. The van der Waals surface area contributed by atoms with Crippen LogP contribution in [0.25, 0.3) is 0 Å². The number of ether oxygens (including phenoxy) is 2. The van der Waals surface area contributed by atoms with Crippen molar-refractivity contribution in [1.82, 2.24) is 0 Å². The SMILES string of the molecule is COC(=O)C(C)N1C(=O)C(C)(C)Oc2ccc(C(=O)CCl)cc21. The summed E-state index contributed by atoms with van der Waals surface area (Å²) in [7, 11) is 1.25. The van der Waals surface area contributed by atoms with Gasteiger partial charge >= 0.3 is 5.97 Å². The van der Waals surface area contributed by atoms with Crippen molar-refractivity contribution in [1.29, 1.82) is 0 Å². The molecule has 1 unspecified atom stereocenters. The van der Waals surface area contributed by atoms with Gasteiger partial charge in [-0.3, -0.25) is 14.5 Å². The number of methoxy groups -OCH3 is 1. The quantitative estimate of drug-likeness (QED) is 0.477. The first-order valence-electron chi connectivity index (χ1n) is 7.06. The van der Waals surface area contributed by atoms with Gasteiger partial charge in [-0.2, -0.15) is 0 Å². The molecule has 1 aromatic carbocycles. The molecule has 0 radical (unpaired) electrons. The molecule has 1 aromatic rings. The van der Waals surface area contributed by atoms with E-state index in [0.717, 1.165) is 0 Å². The number of rotatable bonds is 4. The molecule has 0 aliphatic carbocycles. The molecule has 0 saturated carbocycles. The second kappa shape index (κ2) is 6.20. The highest BCUT2D eigenvalue weighted by Crippen LogP contribution is 2.39. The third-order valence-electron chi connectivity index (χ3n) is 3.69. The minimum Gasteiger partial charge on any atom is -0.476 e. The van der Waals surface area contributed by atoms with E-state index in [1.807, 2.05) is 0 Å². The number of hydrogen-bond donors (Lipinski definition) is 0. The van der Waals surface area contributed by atoms with Crippen LogP contribution in [-0.2, 0) is 14.3 Å². The van der Waals surface area contributed by atoms with Crippen LogP contribution in [0.15, 0.2) is 18.2 Å². The fraction of sp³-hybridized carbons (Fsp3) is 0.438. The van der Waals surface area contributed by atoms with Crippen LogP contribution in [-0.4, -0.2) is 42.3 Å². The van der Waals surface area contributed by atoms with Crippen LogP contribution in [0, 0.1) is 0 Å². The Morgan fingerprint density at radius 1 is 1.39 bits per heavy atom. The molecule has 1 atom stereocenters. The van der Waals surface area contributed by atoms with Crippen molar-refractivity contribution in [2.24, 2.45) is 0 Å². The summed E-state index contributed by atoms with van der Waals surface area (Å²) in [5, 5.41) is 0. The summed E-state index contributed by atoms with van der Waals surface area (Å²) in [6.45, 7) is 4.80. The maximum Gasteiger partial charge on any atom is 0.328 e. The minimum atomic E-state index is -1.13. The second-order valence-electron chi connectivity index (χ2n) is 5.73. The Kier molecular flexibility index (Phi) is 4.66. The molecule has 0 bridgehead atoms. The number of nitrogens with zero attached hydrogens (tertiary/aromatic N) is 1. The van der Waals surface area contributed by atoms with Crippen LogP contribution < -0.4 is 9.64 Å². The van der Waals surface area contributed by atoms with E-state index in [1.54, 1.807) is 32.9 Å². The molecule has 1 aliphatic heterocycles. The van der Waals surface area contributed by atoms with Crippen molar-refractivity contribution in [2.75, 3.05) is 17.9 Å². The monoisotopic (exact) mass is 339 g/mol. The molecule has 0 N–H and O–H groups in total. The first-order chi connectivity index (χ1) is 10.7. The summed E-state index contributed by atoms with van der Waals surface area (Å²) in [5.74, 6) is -0.991. The first kappa shape index (κ1) is 17.3. The first-order valence-corrected chi connectivity index (χ1v) is 7.60. The fourth-order valence-electron chi connectivity index (χ4n) is 2.42. The van der Waals surface area contributed by atoms with E-state index in [1.165, 1.54) is 18.1 Å². The maximum absolute atomic E-state index is 12.7. The molecular formula is C16H18ClNO5. The topological polar surface area (TPSA) is 72.9 Å². The van der Waals surface area contributed by atoms with Crippen LogP contribution in [0.2, 0.25) is 0 Å². The van der Waals surface area contributed by atoms with Gasteiger partial charge in [-0.1, -0.05) is 0 Å². The molecule has 23 heavy (non-hydrogen) atoms. The van der Waals surface area contributed by atoms with Gasteiger partial charge in [0.25, 0.3) is 5.91 Å². The van der Waals surface area contributed by atoms with E-state index in [9.17, 15) is 14.4 Å². The lowest BCUT2D eigenvalue weighted by Crippen LogP contribution is -2.57. The van der Waals surface area contributed by atoms with Gasteiger partial charge < -0.3 is 9.47 Å². The molecule has 1 heterocycles. The standard InChI is InChI=1S/C16H18ClNO5/c1-9(14(20)22-4)18-11-7-10(12(19)8-17)5-6-13(11)23-16(2,3)15(18)21/h5-7,9H,8H2,1-4H3. The van der Waals surface area contributed by atoms with Gasteiger partial charge in [0.2, 0.25) is 0 Å². The number of benzene rings is 1. The Hall–Kier alpha value is -2.08. The number of carbonyl (C=O) groups excluding carboxylic acids is 3. The Bertz CT molecular complexity index is 670. The lowest BCUT2D eigenvalue weighted by molar-refractivity contribution is -0.145. The summed E-state index contributed by atoms with van der Waals surface area (Å²) in [5.41, 5.74) is -0.437. The van der Waals surface area contributed by atoms with Crippen molar-refractivity contribution < 1.29 is 23.9 Å². The number of anilines is 1. The zero-order valence-corrected chi connectivity index (χ0v) is 14.1. The second-order valence-corrected chi connectivity index (χ2v) is 5.99. The fourth-order valence-corrected chi connectivity index (χ4v) is 2.58. The molecule has 6 nitrogen and oxygen atoms in total. The summed E-state index contributed by atoms with van der Waals surface area (Å²) in [6, 6.07) is 3.83. The van der Waals surface area contributed by atoms with Crippen LogP contribution in [0.4, 0.5) is 5.69 Å². The highest BCUT2D eigenvalue weighted by atomic mass is 35.5. The van der Waals surface area contributed by atoms with Gasteiger partial charge in [0.15, 0.2) is 11.4 Å². The number of hydrogen-bond acceptors (Lipinski definition) is 5. The third kappa shape index (κ3) is 3.03. The number of alkyl halides is 1. The Balaban J connectivity index is 2.59. The van der Waals surface area contributed by atoms with Crippen LogP contribution >= 0.6 is 11.6 Å². The highest BCUT2D eigenvalue weighted by Gasteiger charge is 2.44. The molecule has 0 spiro atoms.